The van der Waals surface area contributed by atoms with Gasteiger partial charge in [-0.3, -0.25) is 0 Å². The van der Waals surface area contributed by atoms with Crippen molar-refractivity contribution < 1.29 is 18.7 Å². The average molecular weight is 324 g/mol. The quantitative estimate of drug-likeness (QED) is 0.677. The van der Waals surface area contributed by atoms with Gasteiger partial charge in [0, 0.05) is 32.0 Å². The van der Waals surface area contributed by atoms with Gasteiger partial charge in [-0.2, -0.15) is 0 Å². The molecule has 0 bridgehead atoms. The SMILES string of the molecule is O=C(NCCCn1ccnc1)NCC(O)c1c(F)cccc1F. The number of urea groups is 1. The Kier molecular flexibility index (Phi) is 6.04. The maximum absolute atomic E-state index is 13.5. The molecule has 8 heteroatoms. The van der Waals surface area contributed by atoms with E-state index >= 15 is 0 Å². The normalized spacial score (nSPS) is 12.0. The fourth-order valence-electron chi connectivity index (χ4n) is 2.07. The molecule has 0 aliphatic carbocycles. The lowest BCUT2D eigenvalue weighted by Gasteiger charge is -2.14. The van der Waals surface area contributed by atoms with E-state index < -0.39 is 29.3 Å². The van der Waals surface area contributed by atoms with Crippen LogP contribution in [-0.2, 0) is 6.54 Å². The Bertz CT molecular complexity index is 614. The Morgan fingerprint density at radius 1 is 1.30 bits per heavy atom. The van der Waals surface area contributed by atoms with Crippen molar-refractivity contribution in [1.29, 1.82) is 0 Å². The molecule has 2 aromatic rings. The van der Waals surface area contributed by atoms with E-state index in [-0.39, 0.29) is 6.54 Å². The summed E-state index contributed by atoms with van der Waals surface area (Å²) in [6, 6.07) is 2.81. The molecular formula is C15H18F2N4O2. The van der Waals surface area contributed by atoms with Gasteiger partial charge < -0.3 is 20.3 Å². The molecule has 23 heavy (non-hydrogen) atoms. The number of halogens is 2. The maximum Gasteiger partial charge on any atom is 0.314 e. The van der Waals surface area contributed by atoms with Gasteiger partial charge in [0.05, 0.1) is 11.9 Å². The minimum absolute atomic E-state index is 0.287. The first-order valence-corrected chi connectivity index (χ1v) is 7.17. The van der Waals surface area contributed by atoms with Crippen molar-refractivity contribution in [2.75, 3.05) is 13.1 Å². The van der Waals surface area contributed by atoms with E-state index in [4.69, 9.17) is 0 Å². The molecule has 0 spiro atoms. The minimum atomic E-state index is -1.45. The number of aliphatic hydroxyl groups excluding tert-OH is 1. The number of imidazole rings is 1. The summed E-state index contributed by atoms with van der Waals surface area (Å²) < 4.78 is 28.8. The van der Waals surface area contributed by atoms with Crippen molar-refractivity contribution in [3.63, 3.8) is 0 Å². The third kappa shape index (κ3) is 5.03. The van der Waals surface area contributed by atoms with Crippen LogP contribution in [0.5, 0.6) is 0 Å². The fourth-order valence-corrected chi connectivity index (χ4v) is 2.07. The summed E-state index contributed by atoms with van der Waals surface area (Å²) in [5.41, 5.74) is -0.451. The first kappa shape index (κ1) is 16.9. The molecule has 1 atom stereocenters. The Morgan fingerprint density at radius 3 is 2.70 bits per heavy atom. The second kappa shape index (κ2) is 8.23. The van der Waals surface area contributed by atoms with Crippen LogP contribution in [0.2, 0.25) is 0 Å². The van der Waals surface area contributed by atoms with Gasteiger partial charge in [-0.15, -0.1) is 0 Å². The Balaban J connectivity index is 1.69. The van der Waals surface area contributed by atoms with Crippen LogP contribution in [0.3, 0.4) is 0 Å². The lowest BCUT2D eigenvalue weighted by atomic mass is 10.1. The van der Waals surface area contributed by atoms with E-state index in [1.165, 1.54) is 6.07 Å². The summed E-state index contributed by atoms with van der Waals surface area (Å²) in [5.74, 6) is -1.69. The van der Waals surface area contributed by atoms with E-state index in [0.29, 0.717) is 19.5 Å². The molecule has 0 fully saturated rings. The first-order chi connectivity index (χ1) is 11.1. The van der Waals surface area contributed by atoms with Gasteiger partial charge >= 0.3 is 6.03 Å². The number of aromatic nitrogens is 2. The second-order valence-electron chi connectivity index (χ2n) is 4.94. The number of hydrogen-bond acceptors (Lipinski definition) is 3. The molecule has 0 radical (unpaired) electrons. The summed E-state index contributed by atoms with van der Waals surface area (Å²) in [6.45, 7) is 0.850. The number of carbonyl (C=O) groups is 1. The molecular weight excluding hydrogens is 306 g/mol. The molecule has 2 rings (SSSR count). The van der Waals surface area contributed by atoms with Gasteiger partial charge in [0.25, 0.3) is 0 Å². The van der Waals surface area contributed by atoms with Crippen LogP contribution in [0.15, 0.2) is 36.9 Å². The van der Waals surface area contributed by atoms with E-state index in [2.05, 4.69) is 15.6 Å². The van der Waals surface area contributed by atoms with Gasteiger partial charge in [-0.25, -0.2) is 18.6 Å². The number of amides is 2. The molecule has 0 aliphatic heterocycles. The van der Waals surface area contributed by atoms with Gasteiger partial charge in [0.15, 0.2) is 0 Å². The maximum atomic E-state index is 13.5. The number of nitrogens with zero attached hydrogens (tertiary/aromatic N) is 2. The van der Waals surface area contributed by atoms with Crippen molar-refractivity contribution in [1.82, 2.24) is 20.2 Å². The van der Waals surface area contributed by atoms with Crippen molar-refractivity contribution in [2.24, 2.45) is 0 Å². The number of nitrogens with one attached hydrogen (secondary N) is 2. The Labute approximate surface area is 132 Å². The summed E-state index contributed by atoms with van der Waals surface area (Å²) in [6.07, 6.45) is 4.42. The van der Waals surface area contributed by atoms with Gasteiger partial charge in [-0.05, 0) is 18.6 Å². The average Bonchev–Trinajstić information content (AvgIpc) is 3.02. The first-order valence-electron chi connectivity index (χ1n) is 7.17. The standard InChI is InChI=1S/C15H18F2N4O2/c16-11-3-1-4-12(17)14(11)13(22)9-20-15(23)19-5-2-7-21-8-6-18-10-21/h1,3-4,6,8,10,13,22H,2,5,7,9H2,(H2,19,20,23). The zero-order valence-corrected chi connectivity index (χ0v) is 12.4. The number of carbonyl (C=O) groups excluding carboxylic acids is 1. The second-order valence-corrected chi connectivity index (χ2v) is 4.94. The van der Waals surface area contributed by atoms with Crippen molar-refractivity contribution in [3.05, 3.63) is 54.1 Å². The molecule has 3 N–H and O–H groups in total. The van der Waals surface area contributed by atoms with Crippen LogP contribution < -0.4 is 10.6 Å². The van der Waals surface area contributed by atoms with Crippen LogP contribution in [0, 0.1) is 11.6 Å². The van der Waals surface area contributed by atoms with E-state index in [0.717, 1.165) is 12.1 Å². The molecule has 0 aliphatic rings. The molecule has 1 unspecified atom stereocenters. The third-order valence-electron chi connectivity index (χ3n) is 3.23. The highest BCUT2D eigenvalue weighted by Crippen LogP contribution is 2.19. The smallest absolute Gasteiger partial charge is 0.314 e. The molecule has 2 amide bonds. The van der Waals surface area contributed by atoms with Crippen LogP contribution in [-0.4, -0.2) is 33.8 Å². The van der Waals surface area contributed by atoms with E-state index in [9.17, 15) is 18.7 Å². The molecule has 1 aromatic heterocycles. The molecule has 6 nitrogen and oxygen atoms in total. The van der Waals surface area contributed by atoms with Gasteiger partial charge in [-0.1, -0.05) is 6.07 Å². The zero-order chi connectivity index (χ0) is 16.7. The highest BCUT2D eigenvalue weighted by atomic mass is 19.1. The van der Waals surface area contributed by atoms with Gasteiger partial charge in [0.1, 0.15) is 17.7 Å². The van der Waals surface area contributed by atoms with Crippen molar-refractivity contribution >= 4 is 6.03 Å². The van der Waals surface area contributed by atoms with Crippen LogP contribution in [0.25, 0.3) is 0 Å². The lowest BCUT2D eigenvalue weighted by molar-refractivity contribution is 0.164. The van der Waals surface area contributed by atoms with Crippen LogP contribution in [0.4, 0.5) is 13.6 Å². The monoisotopic (exact) mass is 324 g/mol. The molecule has 124 valence electrons. The van der Waals surface area contributed by atoms with Crippen molar-refractivity contribution in [3.8, 4) is 0 Å². The van der Waals surface area contributed by atoms with Gasteiger partial charge in [0.2, 0.25) is 0 Å². The summed E-state index contributed by atoms with van der Waals surface area (Å²) in [7, 11) is 0. The number of aliphatic hydroxyl groups is 1. The summed E-state index contributed by atoms with van der Waals surface area (Å²) >= 11 is 0. The number of aryl methyl sites for hydroxylation is 1. The third-order valence-corrected chi connectivity index (χ3v) is 3.23. The molecule has 0 saturated carbocycles. The number of rotatable bonds is 7. The fraction of sp³-hybridized carbons (Fsp3) is 0.333. The minimum Gasteiger partial charge on any atom is -0.386 e. The Hall–Kier alpha value is -2.48. The van der Waals surface area contributed by atoms with Crippen LogP contribution >= 0.6 is 0 Å². The van der Waals surface area contributed by atoms with Crippen LogP contribution in [0.1, 0.15) is 18.1 Å². The molecule has 0 saturated heterocycles. The molecule has 1 aromatic carbocycles. The zero-order valence-electron chi connectivity index (χ0n) is 12.4. The number of hydrogen-bond donors (Lipinski definition) is 3. The predicted molar refractivity (Wildman–Crippen MR) is 79.6 cm³/mol. The number of benzene rings is 1. The summed E-state index contributed by atoms with van der Waals surface area (Å²) in [4.78, 5) is 15.5. The lowest BCUT2D eigenvalue weighted by Crippen LogP contribution is -2.38. The summed E-state index contributed by atoms with van der Waals surface area (Å²) in [5, 5.41) is 14.8. The van der Waals surface area contributed by atoms with Crippen molar-refractivity contribution in [2.45, 2.75) is 19.1 Å². The molecule has 1 heterocycles. The largest absolute Gasteiger partial charge is 0.386 e. The highest BCUT2D eigenvalue weighted by Gasteiger charge is 2.18. The van der Waals surface area contributed by atoms with E-state index in [1.807, 2.05) is 10.8 Å². The Morgan fingerprint density at radius 2 is 2.04 bits per heavy atom. The predicted octanol–water partition coefficient (Wildman–Crippen LogP) is 1.58. The van der Waals surface area contributed by atoms with E-state index in [1.54, 1.807) is 12.5 Å². The highest BCUT2D eigenvalue weighted by molar-refractivity contribution is 5.73. The topological polar surface area (TPSA) is 79.2 Å².